The molecule has 6 nitrogen and oxygen atoms in total. The zero-order valence-electron chi connectivity index (χ0n) is 18.7. The lowest BCUT2D eigenvalue weighted by Crippen LogP contribution is -2.45. The third-order valence-corrected chi connectivity index (χ3v) is 8.59. The Balaban J connectivity index is 1.74. The molecule has 1 atom stereocenters. The fraction of sp³-hybridized carbons (Fsp3) is 0.115. The third kappa shape index (κ3) is 4.69. The molecule has 3 aromatic carbocycles. The molecule has 4 rings (SSSR count). The lowest BCUT2D eigenvalue weighted by atomic mass is 10.0. The standard InChI is InChI=1S/C26H24N2O4S2/c1-19(26(29)27-22-14-7-6-13-21(22)20-11-4-3-5-12-20)28(23-15-8-9-16-24(23)32-2)34(30,31)25-17-10-18-33-25/h3-19H,1-2H3,(H,27,29)/t19-/m1/s1. The van der Waals surface area contributed by atoms with E-state index in [2.05, 4.69) is 5.32 Å². The van der Waals surface area contributed by atoms with Gasteiger partial charge < -0.3 is 10.1 Å². The quantitative estimate of drug-likeness (QED) is 0.345. The van der Waals surface area contributed by atoms with Gasteiger partial charge in [0.15, 0.2) is 0 Å². The van der Waals surface area contributed by atoms with Gasteiger partial charge in [0.2, 0.25) is 5.91 Å². The number of carbonyl (C=O) groups excluding carboxylic acids is 1. The number of rotatable bonds is 8. The van der Waals surface area contributed by atoms with Crippen LogP contribution in [0.25, 0.3) is 11.1 Å². The molecule has 0 fully saturated rings. The smallest absolute Gasteiger partial charge is 0.274 e. The first-order chi connectivity index (χ1) is 16.4. The number of para-hydroxylation sites is 3. The van der Waals surface area contributed by atoms with Gasteiger partial charge in [-0.05, 0) is 42.1 Å². The summed E-state index contributed by atoms with van der Waals surface area (Å²) in [5, 5.41) is 4.62. The van der Waals surface area contributed by atoms with E-state index in [-0.39, 0.29) is 9.90 Å². The van der Waals surface area contributed by atoms with E-state index in [1.807, 2.05) is 48.5 Å². The molecule has 0 aliphatic heterocycles. The van der Waals surface area contributed by atoms with Crippen LogP contribution in [0.15, 0.2) is 101 Å². The Kier molecular flexibility index (Phi) is 7.00. The minimum atomic E-state index is -4.03. The van der Waals surface area contributed by atoms with E-state index in [0.29, 0.717) is 11.4 Å². The van der Waals surface area contributed by atoms with Crippen LogP contribution in [0, 0.1) is 0 Å². The number of benzene rings is 3. The van der Waals surface area contributed by atoms with Crippen LogP contribution in [-0.2, 0) is 14.8 Å². The summed E-state index contributed by atoms with van der Waals surface area (Å²) in [5.41, 5.74) is 2.67. The molecule has 0 bridgehead atoms. The van der Waals surface area contributed by atoms with Gasteiger partial charge in [-0.3, -0.25) is 4.79 Å². The summed E-state index contributed by atoms with van der Waals surface area (Å²) < 4.78 is 34.0. The molecule has 0 unspecified atom stereocenters. The van der Waals surface area contributed by atoms with Gasteiger partial charge in [-0.15, -0.1) is 11.3 Å². The molecule has 34 heavy (non-hydrogen) atoms. The van der Waals surface area contributed by atoms with Gasteiger partial charge in [0.1, 0.15) is 16.0 Å². The summed E-state index contributed by atoms with van der Waals surface area (Å²) in [6.45, 7) is 1.57. The lowest BCUT2D eigenvalue weighted by Gasteiger charge is -2.30. The molecule has 1 N–H and O–H groups in total. The minimum Gasteiger partial charge on any atom is -0.495 e. The highest BCUT2D eigenvalue weighted by atomic mass is 32.2. The van der Waals surface area contributed by atoms with E-state index in [1.54, 1.807) is 48.7 Å². The summed E-state index contributed by atoms with van der Waals surface area (Å²) in [6, 6.07) is 26.0. The average molecular weight is 493 g/mol. The van der Waals surface area contributed by atoms with Crippen LogP contribution in [0.2, 0.25) is 0 Å². The van der Waals surface area contributed by atoms with E-state index < -0.39 is 22.0 Å². The number of ether oxygens (including phenoxy) is 1. The van der Waals surface area contributed by atoms with Crippen molar-refractivity contribution < 1.29 is 17.9 Å². The van der Waals surface area contributed by atoms with Crippen molar-refractivity contribution >= 4 is 38.6 Å². The van der Waals surface area contributed by atoms with Gasteiger partial charge in [0.25, 0.3) is 10.0 Å². The monoisotopic (exact) mass is 492 g/mol. The number of anilines is 2. The number of thiophene rings is 1. The molecule has 0 aliphatic rings. The Morgan fingerprint density at radius 1 is 0.912 bits per heavy atom. The number of methoxy groups -OCH3 is 1. The van der Waals surface area contributed by atoms with E-state index in [9.17, 15) is 13.2 Å². The SMILES string of the molecule is COc1ccccc1N([C@H](C)C(=O)Nc1ccccc1-c1ccccc1)S(=O)(=O)c1cccs1. The summed E-state index contributed by atoms with van der Waals surface area (Å²) in [6.07, 6.45) is 0. The predicted molar refractivity (Wildman–Crippen MR) is 137 cm³/mol. The maximum atomic E-state index is 13.6. The van der Waals surface area contributed by atoms with Crippen LogP contribution in [0.4, 0.5) is 11.4 Å². The van der Waals surface area contributed by atoms with Crippen molar-refractivity contribution in [2.75, 3.05) is 16.7 Å². The van der Waals surface area contributed by atoms with Crippen molar-refractivity contribution in [3.8, 4) is 16.9 Å². The second-order valence-corrected chi connectivity index (χ2v) is 10.5. The van der Waals surface area contributed by atoms with Gasteiger partial charge in [0.05, 0.1) is 12.8 Å². The van der Waals surface area contributed by atoms with Gasteiger partial charge in [-0.2, -0.15) is 0 Å². The first-order valence-corrected chi connectivity index (χ1v) is 12.9. The zero-order valence-corrected chi connectivity index (χ0v) is 20.3. The molecular formula is C26H24N2O4S2. The molecule has 1 aromatic heterocycles. The molecule has 4 aromatic rings. The van der Waals surface area contributed by atoms with Crippen molar-refractivity contribution in [1.29, 1.82) is 0 Å². The highest BCUT2D eigenvalue weighted by Gasteiger charge is 2.36. The number of carbonyl (C=O) groups is 1. The molecule has 0 radical (unpaired) electrons. The molecule has 0 saturated carbocycles. The number of amides is 1. The van der Waals surface area contributed by atoms with Gasteiger partial charge in [0, 0.05) is 11.3 Å². The molecule has 0 saturated heterocycles. The van der Waals surface area contributed by atoms with Gasteiger partial charge in [-0.1, -0.05) is 66.7 Å². The van der Waals surface area contributed by atoms with Crippen LogP contribution in [-0.4, -0.2) is 27.5 Å². The summed E-state index contributed by atoms with van der Waals surface area (Å²) >= 11 is 1.10. The van der Waals surface area contributed by atoms with E-state index in [1.165, 1.54) is 13.2 Å². The Morgan fingerprint density at radius 3 is 2.29 bits per heavy atom. The number of nitrogens with one attached hydrogen (secondary N) is 1. The Hall–Kier alpha value is -3.62. The topological polar surface area (TPSA) is 75.7 Å². The highest BCUT2D eigenvalue weighted by molar-refractivity contribution is 7.94. The van der Waals surface area contributed by atoms with Crippen molar-refractivity contribution in [2.24, 2.45) is 0 Å². The van der Waals surface area contributed by atoms with E-state index in [0.717, 1.165) is 26.8 Å². The van der Waals surface area contributed by atoms with Crippen molar-refractivity contribution in [1.82, 2.24) is 0 Å². The maximum absolute atomic E-state index is 13.6. The fourth-order valence-corrected chi connectivity index (χ4v) is 6.38. The summed E-state index contributed by atoms with van der Waals surface area (Å²) in [4.78, 5) is 13.5. The number of sulfonamides is 1. The average Bonchev–Trinajstić information content (AvgIpc) is 3.41. The molecular weight excluding hydrogens is 468 g/mol. The molecule has 8 heteroatoms. The zero-order chi connectivity index (χ0) is 24.1. The first-order valence-electron chi connectivity index (χ1n) is 10.6. The van der Waals surface area contributed by atoms with Crippen LogP contribution in [0.5, 0.6) is 5.75 Å². The maximum Gasteiger partial charge on any atom is 0.274 e. The van der Waals surface area contributed by atoms with Crippen LogP contribution in [0.1, 0.15) is 6.92 Å². The van der Waals surface area contributed by atoms with Crippen molar-refractivity contribution in [3.05, 3.63) is 96.4 Å². The van der Waals surface area contributed by atoms with Gasteiger partial charge >= 0.3 is 0 Å². The van der Waals surface area contributed by atoms with Crippen molar-refractivity contribution in [3.63, 3.8) is 0 Å². The first kappa shape index (κ1) is 23.5. The van der Waals surface area contributed by atoms with E-state index in [4.69, 9.17) is 4.74 Å². The predicted octanol–water partition coefficient (Wildman–Crippen LogP) is 5.65. The lowest BCUT2D eigenvalue weighted by molar-refractivity contribution is -0.116. The number of nitrogens with zero attached hydrogens (tertiary/aromatic N) is 1. The van der Waals surface area contributed by atoms with Crippen LogP contribution in [0.3, 0.4) is 0 Å². The van der Waals surface area contributed by atoms with E-state index >= 15 is 0 Å². The number of hydrogen-bond donors (Lipinski definition) is 1. The Morgan fingerprint density at radius 2 is 1.59 bits per heavy atom. The van der Waals surface area contributed by atoms with Gasteiger partial charge in [-0.25, -0.2) is 12.7 Å². The van der Waals surface area contributed by atoms with Crippen LogP contribution >= 0.6 is 11.3 Å². The largest absolute Gasteiger partial charge is 0.495 e. The number of hydrogen-bond acceptors (Lipinski definition) is 5. The second-order valence-electron chi connectivity index (χ2n) is 7.48. The Bertz CT molecular complexity index is 1370. The third-order valence-electron chi connectivity index (χ3n) is 5.33. The summed E-state index contributed by atoms with van der Waals surface area (Å²) in [7, 11) is -2.56. The Labute approximate surface area is 203 Å². The molecule has 1 amide bonds. The second kappa shape index (κ2) is 10.1. The van der Waals surface area contributed by atoms with Crippen LogP contribution < -0.4 is 14.4 Å². The highest BCUT2D eigenvalue weighted by Crippen LogP contribution is 2.36. The molecule has 0 spiro atoms. The molecule has 174 valence electrons. The minimum absolute atomic E-state index is 0.141. The van der Waals surface area contributed by atoms with Crippen molar-refractivity contribution in [2.45, 2.75) is 17.2 Å². The fourth-order valence-electron chi connectivity index (χ4n) is 3.67. The molecule has 0 aliphatic carbocycles. The normalized spacial score (nSPS) is 12.1. The summed E-state index contributed by atoms with van der Waals surface area (Å²) in [5.74, 6) is -0.110. The molecule has 1 heterocycles.